The Bertz CT molecular complexity index is 1420. The first-order chi connectivity index (χ1) is 22.6. The van der Waals surface area contributed by atoms with E-state index in [4.69, 9.17) is 9.47 Å². The van der Waals surface area contributed by atoms with Crippen molar-refractivity contribution in [3.63, 3.8) is 0 Å². The number of hydrogen-bond acceptors (Lipinski definition) is 4. The second kappa shape index (κ2) is 17.5. The summed E-state index contributed by atoms with van der Waals surface area (Å²) < 4.78 is 13.0. The molecule has 0 spiro atoms. The molecule has 5 nitrogen and oxygen atoms in total. The van der Waals surface area contributed by atoms with Crippen LogP contribution in [-0.4, -0.2) is 46.7 Å². The Balaban J connectivity index is 0.000000455. The summed E-state index contributed by atoms with van der Waals surface area (Å²) in [4.78, 5) is 4.94. The van der Waals surface area contributed by atoms with Crippen LogP contribution in [0.2, 0.25) is 0 Å². The molecule has 240 valence electrons. The molecule has 0 aliphatic carbocycles. The maximum absolute atomic E-state index is 5.65. The van der Waals surface area contributed by atoms with Crippen LogP contribution in [0, 0.1) is 13.8 Å². The van der Waals surface area contributed by atoms with Crippen LogP contribution in [0.15, 0.2) is 91.0 Å². The van der Waals surface area contributed by atoms with Crippen molar-refractivity contribution in [3.8, 4) is 0 Å². The first-order valence-electron chi connectivity index (χ1n) is 16.8. The molecule has 2 saturated heterocycles. The summed E-state index contributed by atoms with van der Waals surface area (Å²) in [5, 5.41) is 0. The second-order valence-corrected chi connectivity index (χ2v) is 12.2. The summed E-state index contributed by atoms with van der Waals surface area (Å²) in [6.45, 7) is 10.5. The van der Waals surface area contributed by atoms with Gasteiger partial charge < -0.3 is 19.3 Å². The van der Waals surface area contributed by atoms with E-state index >= 15 is 0 Å². The van der Waals surface area contributed by atoms with E-state index in [1.54, 1.807) is 7.11 Å². The molecule has 2 aliphatic heterocycles. The maximum Gasteiger partial charge on any atom is 0.205 e. The molecular formula is C41H50N3O2+. The van der Waals surface area contributed by atoms with Gasteiger partial charge in [-0.15, -0.1) is 0 Å². The van der Waals surface area contributed by atoms with Gasteiger partial charge in [0.2, 0.25) is 11.4 Å². The standard InChI is InChI=1S/C33H40N3O2.C8H10/c1-37-27-38-26-25-36-32(19-13-28-9-15-30(16-10-28)34-21-2-3-22-34)7-6-8-33(36)20-14-29-11-17-31(18-12-29)35-23-4-5-24-35;1-7-3-5-8(2)6-4-7/h6-20H,2-5,21-27H2,1H3;3-6H,1-2H3/q+1;. The van der Waals surface area contributed by atoms with Crippen molar-refractivity contribution in [1.82, 2.24) is 0 Å². The molecule has 5 heteroatoms. The zero-order valence-electron chi connectivity index (χ0n) is 27.9. The number of aromatic nitrogens is 1. The topological polar surface area (TPSA) is 28.8 Å². The highest BCUT2D eigenvalue weighted by molar-refractivity contribution is 5.70. The Morgan fingerprint density at radius 2 is 1.02 bits per heavy atom. The molecule has 6 rings (SSSR count). The Kier molecular flexibility index (Phi) is 12.6. The Morgan fingerprint density at radius 1 is 0.587 bits per heavy atom. The van der Waals surface area contributed by atoms with Gasteiger partial charge in [0.25, 0.3) is 0 Å². The van der Waals surface area contributed by atoms with E-state index in [0.717, 1.165) is 17.9 Å². The first kappa shape index (κ1) is 33.2. The average Bonchev–Trinajstić information content (AvgIpc) is 3.83. The predicted octanol–water partition coefficient (Wildman–Crippen LogP) is 8.44. The number of anilines is 2. The molecule has 2 fully saturated rings. The lowest BCUT2D eigenvalue weighted by atomic mass is 10.1. The molecule has 2 aliphatic rings. The molecule has 0 amide bonds. The molecule has 3 heterocycles. The number of hydrogen-bond donors (Lipinski definition) is 0. The minimum Gasteiger partial charge on any atom is -0.372 e. The van der Waals surface area contributed by atoms with Gasteiger partial charge in [0.15, 0.2) is 6.54 Å². The van der Waals surface area contributed by atoms with E-state index in [1.165, 1.54) is 85.5 Å². The normalized spacial score (nSPS) is 14.8. The van der Waals surface area contributed by atoms with Crippen LogP contribution < -0.4 is 14.4 Å². The Labute approximate surface area is 276 Å². The van der Waals surface area contributed by atoms with Gasteiger partial charge in [-0.25, -0.2) is 0 Å². The molecule has 3 aromatic carbocycles. The second-order valence-electron chi connectivity index (χ2n) is 12.2. The molecule has 0 N–H and O–H groups in total. The number of methoxy groups -OCH3 is 1. The third-order valence-corrected chi connectivity index (χ3v) is 8.66. The van der Waals surface area contributed by atoms with Crippen LogP contribution in [0.1, 0.15) is 59.3 Å². The Hall–Kier alpha value is -4.19. The van der Waals surface area contributed by atoms with Crippen LogP contribution in [0.3, 0.4) is 0 Å². The quantitative estimate of drug-likeness (QED) is 0.0961. The van der Waals surface area contributed by atoms with Crippen LogP contribution in [0.25, 0.3) is 24.3 Å². The number of benzene rings is 3. The van der Waals surface area contributed by atoms with Crippen LogP contribution in [0.5, 0.6) is 0 Å². The zero-order valence-corrected chi connectivity index (χ0v) is 27.9. The average molecular weight is 617 g/mol. The smallest absolute Gasteiger partial charge is 0.205 e. The summed E-state index contributed by atoms with van der Waals surface area (Å²) in [7, 11) is 1.65. The predicted molar refractivity (Wildman–Crippen MR) is 194 cm³/mol. The number of pyridine rings is 1. The molecule has 0 radical (unpaired) electrons. The van der Waals surface area contributed by atoms with Crippen molar-refractivity contribution in [1.29, 1.82) is 0 Å². The number of ether oxygens (including phenoxy) is 2. The third kappa shape index (κ3) is 9.90. The lowest BCUT2D eigenvalue weighted by Gasteiger charge is -2.17. The van der Waals surface area contributed by atoms with Crippen molar-refractivity contribution in [2.75, 3.05) is 56.5 Å². The van der Waals surface area contributed by atoms with Gasteiger partial charge in [-0.1, -0.05) is 59.7 Å². The number of nitrogens with zero attached hydrogens (tertiary/aromatic N) is 3. The minimum absolute atomic E-state index is 0.302. The monoisotopic (exact) mass is 616 g/mol. The lowest BCUT2D eigenvalue weighted by Crippen LogP contribution is -2.42. The molecular weight excluding hydrogens is 566 g/mol. The summed E-state index contributed by atoms with van der Waals surface area (Å²) in [5.74, 6) is 0. The van der Waals surface area contributed by atoms with E-state index < -0.39 is 0 Å². The largest absolute Gasteiger partial charge is 0.372 e. The fourth-order valence-electron chi connectivity index (χ4n) is 5.96. The summed E-state index contributed by atoms with van der Waals surface area (Å²) in [5.41, 5.74) is 9.99. The van der Waals surface area contributed by atoms with Crippen molar-refractivity contribution in [2.45, 2.75) is 46.1 Å². The molecule has 0 bridgehead atoms. The highest BCUT2D eigenvalue weighted by atomic mass is 16.7. The maximum atomic E-state index is 5.65. The first-order valence-corrected chi connectivity index (χ1v) is 16.8. The van der Waals surface area contributed by atoms with E-state index in [0.29, 0.717) is 13.4 Å². The minimum atomic E-state index is 0.302. The van der Waals surface area contributed by atoms with Crippen LogP contribution in [0.4, 0.5) is 11.4 Å². The summed E-state index contributed by atoms with van der Waals surface area (Å²) >= 11 is 0. The van der Waals surface area contributed by atoms with Crippen molar-refractivity contribution in [2.24, 2.45) is 0 Å². The third-order valence-electron chi connectivity index (χ3n) is 8.66. The van der Waals surface area contributed by atoms with Gasteiger partial charge in [-0.05, 0) is 93.1 Å². The number of rotatable bonds is 11. The van der Waals surface area contributed by atoms with Gasteiger partial charge in [-0.2, -0.15) is 4.57 Å². The van der Waals surface area contributed by atoms with Gasteiger partial charge in [0.1, 0.15) is 13.4 Å². The molecule has 0 unspecified atom stereocenters. The number of aryl methyl sites for hydroxylation is 2. The van der Waals surface area contributed by atoms with E-state index in [1.807, 2.05) is 0 Å². The Morgan fingerprint density at radius 3 is 1.43 bits per heavy atom. The molecule has 4 aromatic rings. The summed E-state index contributed by atoms with van der Waals surface area (Å²) in [6, 6.07) is 32.7. The van der Waals surface area contributed by atoms with E-state index in [2.05, 4.69) is 144 Å². The fraction of sp³-hybridized carbons (Fsp3) is 0.341. The van der Waals surface area contributed by atoms with Crippen molar-refractivity contribution >= 4 is 35.7 Å². The summed E-state index contributed by atoms with van der Waals surface area (Å²) in [6.07, 6.45) is 14.0. The van der Waals surface area contributed by atoms with E-state index in [-0.39, 0.29) is 0 Å². The van der Waals surface area contributed by atoms with Gasteiger partial charge >= 0.3 is 0 Å². The van der Waals surface area contributed by atoms with Gasteiger partial charge in [0, 0.05) is 68.9 Å². The van der Waals surface area contributed by atoms with E-state index in [9.17, 15) is 0 Å². The zero-order chi connectivity index (χ0) is 32.0. The van der Waals surface area contributed by atoms with Crippen LogP contribution in [-0.2, 0) is 16.0 Å². The molecule has 1 aromatic heterocycles. The fourth-order valence-corrected chi connectivity index (χ4v) is 5.96. The molecule has 0 saturated carbocycles. The highest BCUT2D eigenvalue weighted by Crippen LogP contribution is 2.22. The van der Waals surface area contributed by atoms with Crippen LogP contribution >= 0.6 is 0 Å². The van der Waals surface area contributed by atoms with Crippen molar-refractivity contribution in [3.05, 3.63) is 125 Å². The van der Waals surface area contributed by atoms with Gasteiger partial charge in [0.05, 0.1) is 0 Å². The lowest BCUT2D eigenvalue weighted by molar-refractivity contribution is -0.701. The van der Waals surface area contributed by atoms with Gasteiger partial charge in [-0.3, -0.25) is 0 Å². The van der Waals surface area contributed by atoms with Crippen molar-refractivity contribution < 1.29 is 14.0 Å². The highest BCUT2D eigenvalue weighted by Gasteiger charge is 2.15. The SMILES string of the molecule is COCOCC[n+]1c(/C=C/c2ccc(N3CCCC3)cc2)cccc1/C=C/c1ccc(N2CCCC2)cc1.Cc1ccc(C)cc1. The molecule has 46 heavy (non-hydrogen) atoms. The molecule has 0 atom stereocenters.